The highest BCUT2D eigenvalue weighted by Crippen LogP contribution is 2.53. The second kappa shape index (κ2) is 4.59. The van der Waals surface area contributed by atoms with Crippen LogP contribution in [0.1, 0.15) is 0 Å². The number of hydrogen-bond acceptors (Lipinski definition) is 0. The summed E-state index contributed by atoms with van der Waals surface area (Å²) in [6.45, 7) is 0. The summed E-state index contributed by atoms with van der Waals surface area (Å²) in [6.07, 6.45) is 0. The second-order valence-corrected chi connectivity index (χ2v) is 14.2. The van der Waals surface area contributed by atoms with Crippen LogP contribution in [0.4, 0.5) is 0 Å². The van der Waals surface area contributed by atoms with Gasteiger partial charge in [-0.25, -0.2) is 0 Å². The van der Waals surface area contributed by atoms with Crippen molar-refractivity contribution in [3.8, 4) is 0 Å². The summed E-state index contributed by atoms with van der Waals surface area (Å²) in [5, 5.41) is 0. The molecule has 0 heterocycles. The number of alkyl halides is 5. The quantitative estimate of drug-likeness (QED) is 0.391. The lowest BCUT2D eigenvalue weighted by Crippen LogP contribution is -2.51. The molecule has 0 aliphatic carbocycles. The monoisotopic (exact) mass is 346 g/mol. The molecule has 12 heavy (non-hydrogen) atoms. The molecular formula is C3H2Cl8Si. The Kier molecular flexibility index (Phi) is 5.56. The number of rotatable bonds is 3. The van der Waals surface area contributed by atoms with Crippen molar-refractivity contribution in [3.05, 3.63) is 0 Å². The third-order valence-electron chi connectivity index (χ3n) is 0.983. The highest BCUT2D eigenvalue weighted by molar-refractivity contribution is 7.68. The van der Waals surface area contributed by atoms with E-state index in [-0.39, 0.29) is 5.88 Å². The Morgan fingerprint density at radius 2 is 1.25 bits per heavy atom. The van der Waals surface area contributed by atoms with Gasteiger partial charge in [0.2, 0.25) is 0 Å². The van der Waals surface area contributed by atoms with Crippen LogP contribution in [0.2, 0.25) is 0 Å². The fourth-order valence-electron chi connectivity index (χ4n) is 0.291. The van der Waals surface area contributed by atoms with Gasteiger partial charge in [0.15, 0.2) is 8.29 Å². The van der Waals surface area contributed by atoms with E-state index in [0.717, 1.165) is 0 Å². The molecule has 0 saturated heterocycles. The van der Waals surface area contributed by atoms with Gasteiger partial charge in [-0.3, -0.25) is 0 Å². The zero-order valence-corrected chi connectivity index (χ0v) is 12.3. The minimum atomic E-state index is -3.44. The van der Waals surface area contributed by atoms with Gasteiger partial charge >= 0.3 is 6.00 Å². The molecule has 0 unspecified atom stereocenters. The third kappa shape index (κ3) is 3.01. The molecule has 0 saturated carbocycles. The van der Waals surface area contributed by atoms with E-state index in [2.05, 4.69) is 0 Å². The number of halogens is 8. The molecule has 0 amide bonds. The lowest BCUT2D eigenvalue weighted by atomic mass is 10.5. The Balaban J connectivity index is 4.85. The molecule has 0 aromatic heterocycles. The van der Waals surface area contributed by atoms with Crippen LogP contribution in [0, 0.1) is 0 Å². The van der Waals surface area contributed by atoms with Gasteiger partial charge in [-0.05, 0) is 0 Å². The largest absolute Gasteiger partial charge is 0.379 e. The first kappa shape index (κ1) is 14.5. The van der Waals surface area contributed by atoms with Crippen molar-refractivity contribution in [3.63, 3.8) is 0 Å². The van der Waals surface area contributed by atoms with Gasteiger partial charge in [0.1, 0.15) is 0 Å². The summed E-state index contributed by atoms with van der Waals surface area (Å²) in [5.74, 6) is -0.232. The average molecular weight is 350 g/mol. The molecule has 74 valence electrons. The maximum atomic E-state index is 5.69. The Morgan fingerprint density at radius 1 is 0.917 bits per heavy atom. The van der Waals surface area contributed by atoms with Gasteiger partial charge in [0, 0.05) is 0 Å². The first-order valence-electron chi connectivity index (χ1n) is 2.44. The zero-order chi connectivity index (χ0) is 10.2. The summed E-state index contributed by atoms with van der Waals surface area (Å²) in [6, 6.07) is -3.44. The highest BCUT2D eigenvalue weighted by atomic mass is 35.8. The Bertz CT molecular complexity index is 158. The van der Waals surface area contributed by atoms with Crippen LogP contribution in [0.15, 0.2) is 0 Å². The fourth-order valence-corrected chi connectivity index (χ4v) is 4.55. The fraction of sp³-hybridized carbons (Fsp3) is 1.00. The molecule has 0 bridgehead atoms. The van der Waals surface area contributed by atoms with Crippen LogP contribution in [0.3, 0.4) is 0 Å². The van der Waals surface area contributed by atoms with Crippen molar-refractivity contribution in [2.24, 2.45) is 0 Å². The molecule has 0 atom stereocenters. The molecule has 0 N–H and O–H groups in total. The van der Waals surface area contributed by atoms with E-state index in [4.69, 9.17) is 91.2 Å². The number of hydrogen-bond donors (Lipinski definition) is 0. The Morgan fingerprint density at radius 3 is 1.33 bits per heavy atom. The van der Waals surface area contributed by atoms with E-state index >= 15 is 0 Å². The molecular weight excluding hydrogens is 348 g/mol. The second-order valence-electron chi connectivity index (χ2n) is 1.91. The van der Waals surface area contributed by atoms with Crippen molar-refractivity contribution in [2.45, 2.75) is 8.29 Å². The standard InChI is InChI=1S/C3H2Cl8Si/c4-1-2(5,6)3(7,8)12(9,10)11/h1H2. The van der Waals surface area contributed by atoms with Crippen molar-refractivity contribution < 1.29 is 0 Å². The van der Waals surface area contributed by atoms with Gasteiger partial charge in [0.25, 0.3) is 0 Å². The normalized spacial score (nSPS) is 15.0. The molecule has 0 aliphatic heterocycles. The molecule has 0 rings (SSSR count). The molecule has 0 nitrogen and oxygen atoms in total. The van der Waals surface area contributed by atoms with Crippen LogP contribution in [0.5, 0.6) is 0 Å². The molecule has 0 radical (unpaired) electrons. The predicted octanol–water partition coefficient (Wildman–Crippen LogP) is 4.77. The van der Waals surface area contributed by atoms with Gasteiger partial charge in [-0.1, -0.05) is 46.4 Å². The molecule has 0 aromatic carbocycles. The van der Waals surface area contributed by atoms with E-state index in [1.807, 2.05) is 0 Å². The highest BCUT2D eigenvalue weighted by Gasteiger charge is 2.62. The maximum absolute atomic E-state index is 5.69. The zero-order valence-electron chi connectivity index (χ0n) is 5.23. The van der Waals surface area contributed by atoms with Crippen LogP contribution >= 0.6 is 91.2 Å². The van der Waals surface area contributed by atoms with Gasteiger partial charge in [-0.2, -0.15) is 0 Å². The molecule has 0 fully saturated rings. The SMILES string of the molecule is ClCC(Cl)(Cl)C(Cl)(Cl)[Si](Cl)(Cl)Cl. The molecule has 0 aliphatic rings. The Labute approximate surface area is 110 Å². The van der Waals surface area contributed by atoms with E-state index in [1.54, 1.807) is 0 Å². The van der Waals surface area contributed by atoms with Crippen molar-refractivity contribution in [1.82, 2.24) is 0 Å². The van der Waals surface area contributed by atoms with Crippen molar-refractivity contribution >= 4 is 97.2 Å². The summed E-state index contributed by atoms with van der Waals surface area (Å²) < 4.78 is -3.51. The van der Waals surface area contributed by atoms with Crippen LogP contribution < -0.4 is 0 Å². The lowest BCUT2D eigenvalue weighted by Gasteiger charge is -2.34. The minimum absolute atomic E-state index is 0.232. The first-order valence-corrected chi connectivity index (χ1v) is 9.53. The summed E-state index contributed by atoms with van der Waals surface area (Å²) in [7, 11) is 0. The van der Waals surface area contributed by atoms with Crippen molar-refractivity contribution in [1.29, 1.82) is 0 Å². The van der Waals surface area contributed by atoms with Crippen molar-refractivity contribution in [2.75, 3.05) is 5.88 Å². The molecule has 0 spiro atoms. The maximum Gasteiger partial charge on any atom is 0.379 e. The van der Waals surface area contributed by atoms with E-state index < -0.39 is 14.3 Å². The first-order chi connectivity index (χ1) is 5.06. The van der Waals surface area contributed by atoms with E-state index in [0.29, 0.717) is 0 Å². The van der Waals surface area contributed by atoms with Crippen LogP contribution in [0.25, 0.3) is 0 Å². The van der Waals surface area contributed by atoms with Crippen LogP contribution in [-0.2, 0) is 0 Å². The predicted molar refractivity (Wildman–Crippen MR) is 62.9 cm³/mol. The van der Waals surface area contributed by atoms with Gasteiger partial charge in [-0.15, -0.1) is 44.8 Å². The smallest absolute Gasteiger partial charge is 0.123 e. The molecule has 9 heteroatoms. The topological polar surface area (TPSA) is 0 Å². The van der Waals surface area contributed by atoms with Crippen LogP contribution in [-0.4, -0.2) is 20.2 Å². The lowest BCUT2D eigenvalue weighted by molar-refractivity contribution is 0.893. The summed E-state index contributed by atoms with van der Waals surface area (Å²) in [4.78, 5) is 0. The Hall–Kier alpha value is 2.54. The van der Waals surface area contributed by atoms with Gasteiger partial charge in [0.05, 0.1) is 5.88 Å². The minimum Gasteiger partial charge on any atom is -0.123 e. The van der Waals surface area contributed by atoms with Gasteiger partial charge < -0.3 is 0 Å². The average Bonchev–Trinajstić information content (AvgIpc) is 1.85. The third-order valence-corrected chi connectivity index (χ3v) is 11.0. The summed E-state index contributed by atoms with van der Waals surface area (Å²) >= 11 is 44.8. The molecule has 0 aromatic rings. The summed E-state index contributed by atoms with van der Waals surface area (Å²) in [5.41, 5.74) is 0. The van der Waals surface area contributed by atoms with E-state index in [9.17, 15) is 0 Å². The van der Waals surface area contributed by atoms with E-state index in [1.165, 1.54) is 0 Å².